The molecule has 1 heterocycles. The van der Waals surface area contributed by atoms with E-state index in [4.69, 9.17) is 4.74 Å². The van der Waals surface area contributed by atoms with Crippen molar-refractivity contribution in [2.24, 2.45) is 5.10 Å². The zero-order valence-electron chi connectivity index (χ0n) is 17.2. The molecule has 2 N–H and O–H groups in total. The van der Waals surface area contributed by atoms with Gasteiger partial charge in [-0.15, -0.1) is 0 Å². The van der Waals surface area contributed by atoms with Crippen molar-refractivity contribution < 1.29 is 14.6 Å². The third-order valence-electron chi connectivity index (χ3n) is 4.20. The number of nitrogens with one attached hydrogen (secondary N) is 1. The van der Waals surface area contributed by atoms with Gasteiger partial charge in [0.05, 0.1) is 17.8 Å². The van der Waals surface area contributed by atoms with Gasteiger partial charge in [0.25, 0.3) is 5.91 Å². The van der Waals surface area contributed by atoms with Gasteiger partial charge >= 0.3 is 0 Å². The van der Waals surface area contributed by atoms with Crippen molar-refractivity contribution >= 4 is 39.8 Å². The average molecular weight is 501 g/mol. The Morgan fingerprint density at radius 1 is 1.19 bits per heavy atom. The Morgan fingerprint density at radius 3 is 2.52 bits per heavy atom. The van der Waals surface area contributed by atoms with Gasteiger partial charge in [0.1, 0.15) is 0 Å². The fraction of sp³-hybridized carbons (Fsp3) is 0.182. The molecule has 0 spiro atoms. The molecule has 0 atom stereocenters. The van der Waals surface area contributed by atoms with Crippen LogP contribution in [0.4, 0.5) is 0 Å². The van der Waals surface area contributed by atoms with Gasteiger partial charge in [-0.25, -0.2) is 15.4 Å². The summed E-state index contributed by atoms with van der Waals surface area (Å²) in [5, 5.41) is 14.6. The van der Waals surface area contributed by atoms with Crippen molar-refractivity contribution in [1.82, 2.24) is 15.4 Å². The minimum Gasteiger partial charge on any atom is -0.503 e. The maximum absolute atomic E-state index is 12.3. The lowest BCUT2D eigenvalue weighted by Crippen LogP contribution is -2.17. The van der Waals surface area contributed by atoms with Gasteiger partial charge < -0.3 is 9.84 Å². The number of phenolic OH excluding ortho intramolecular Hbond substituents is 1. The highest BCUT2D eigenvalue weighted by molar-refractivity contribution is 9.10. The lowest BCUT2D eigenvalue weighted by Gasteiger charge is -2.06. The molecule has 160 valence electrons. The van der Waals surface area contributed by atoms with Crippen LogP contribution >= 0.6 is 27.7 Å². The molecule has 0 aliphatic carbocycles. The SMILES string of the molecule is COc1cc(/C=N\NC(=O)c2ccc(CSc3nc(C)cc(C)n3)cc2)cc(Br)c1O. The molecule has 3 rings (SSSR count). The van der Waals surface area contributed by atoms with Gasteiger partial charge in [-0.2, -0.15) is 5.10 Å². The monoisotopic (exact) mass is 500 g/mol. The number of carbonyl (C=O) groups is 1. The summed E-state index contributed by atoms with van der Waals surface area (Å²) in [5.41, 5.74) is 6.60. The second kappa shape index (κ2) is 10.4. The Kier molecular flexibility index (Phi) is 7.64. The molecule has 0 saturated carbocycles. The van der Waals surface area contributed by atoms with Gasteiger partial charge in [-0.3, -0.25) is 4.79 Å². The van der Waals surface area contributed by atoms with Crippen LogP contribution in [0.5, 0.6) is 11.5 Å². The summed E-state index contributed by atoms with van der Waals surface area (Å²) in [4.78, 5) is 21.2. The van der Waals surface area contributed by atoms with Crippen molar-refractivity contribution in [3.8, 4) is 11.5 Å². The molecule has 31 heavy (non-hydrogen) atoms. The maximum atomic E-state index is 12.3. The van der Waals surface area contributed by atoms with Crippen LogP contribution in [0.2, 0.25) is 0 Å². The first-order valence-electron chi connectivity index (χ1n) is 9.29. The highest BCUT2D eigenvalue weighted by Gasteiger charge is 2.08. The van der Waals surface area contributed by atoms with Gasteiger partial charge in [0.2, 0.25) is 0 Å². The number of benzene rings is 2. The topological polar surface area (TPSA) is 96.7 Å². The molecule has 9 heteroatoms. The Hall–Kier alpha value is -2.91. The first-order valence-corrected chi connectivity index (χ1v) is 11.1. The standard InChI is InChI=1S/C22H21BrN4O3S/c1-13-8-14(2)26-22(25-13)31-12-15-4-6-17(7-5-15)21(29)27-24-11-16-9-18(23)20(28)19(10-16)30-3/h4-11,28H,12H2,1-3H3,(H,27,29)/b24-11-. The highest BCUT2D eigenvalue weighted by atomic mass is 79.9. The third kappa shape index (κ3) is 6.28. The van der Waals surface area contributed by atoms with E-state index in [9.17, 15) is 9.90 Å². The van der Waals surface area contributed by atoms with Crippen molar-refractivity contribution in [3.05, 3.63) is 75.0 Å². The number of halogens is 1. The van der Waals surface area contributed by atoms with Crippen LogP contribution in [-0.4, -0.2) is 34.3 Å². The Morgan fingerprint density at radius 2 is 1.87 bits per heavy atom. The number of nitrogens with zero attached hydrogens (tertiary/aromatic N) is 3. The summed E-state index contributed by atoms with van der Waals surface area (Å²) < 4.78 is 5.57. The Labute approximate surface area is 193 Å². The number of carbonyl (C=O) groups excluding carboxylic acids is 1. The molecule has 0 aliphatic rings. The van der Waals surface area contributed by atoms with Crippen molar-refractivity contribution in [2.45, 2.75) is 24.8 Å². The zero-order chi connectivity index (χ0) is 22.4. The van der Waals surface area contributed by atoms with E-state index in [0.29, 0.717) is 27.1 Å². The van der Waals surface area contributed by atoms with Gasteiger partial charge in [0, 0.05) is 22.7 Å². The van der Waals surface area contributed by atoms with E-state index < -0.39 is 0 Å². The Bertz CT molecular complexity index is 1100. The number of methoxy groups -OCH3 is 1. The number of aromatic nitrogens is 2. The van der Waals surface area contributed by atoms with E-state index in [1.807, 2.05) is 32.0 Å². The molecule has 0 aliphatic heterocycles. The predicted molar refractivity (Wildman–Crippen MR) is 125 cm³/mol. The summed E-state index contributed by atoms with van der Waals surface area (Å²) >= 11 is 4.80. The van der Waals surface area contributed by atoms with Gasteiger partial charge in [-0.1, -0.05) is 23.9 Å². The van der Waals surface area contributed by atoms with Crippen LogP contribution in [0.15, 0.2) is 57.2 Å². The van der Waals surface area contributed by atoms with E-state index in [2.05, 4.69) is 36.4 Å². The molecule has 7 nitrogen and oxygen atoms in total. The molecule has 3 aromatic rings. The molecule has 1 aromatic heterocycles. The van der Waals surface area contributed by atoms with E-state index >= 15 is 0 Å². The number of hydrogen-bond donors (Lipinski definition) is 2. The van der Waals surface area contributed by atoms with E-state index in [0.717, 1.165) is 22.1 Å². The molecule has 0 radical (unpaired) electrons. The molecule has 0 saturated heterocycles. The fourth-order valence-electron chi connectivity index (χ4n) is 2.71. The average Bonchev–Trinajstić information content (AvgIpc) is 2.74. The van der Waals surface area contributed by atoms with Crippen LogP contribution in [0.3, 0.4) is 0 Å². The summed E-state index contributed by atoms with van der Waals surface area (Å²) in [6.07, 6.45) is 1.47. The number of phenols is 1. The minimum atomic E-state index is -0.321. The largest absolute Gasteiger partial charge is 0.503 e. The number of aryl methyl sites for hydroxylation is 2. The number of rotatable bonds is 7. The third-order valence-corrected chi connectivity index (χ3v) is 5.72. The van der Waals surface area contributed by atoms with E-state index in [1.165, 1.54) is 13.3 Å². The van der Waals surface area contributed by atoms with Crippen LogP contribution in [0.1, 0.15) is 32.9 Å². The van der Waals surface area contributed by atoms with Crippen LogP contribution in [0.25, 0.3) is 0 Å². The summed E-state index contributed by atoms with van der Waals surface area (Å²) in [5.74, 6) is 0.700. The first kappa shape index (κ1) is 22.8. The molecule has 0 bridgehead atoms. The van der Waals surface area contributed by atoms with Crippen LogP contribution in [0, 0.1) is 13.8 Å². The lowest BCUT2D eigenvalue weighted by atomic mass is 10.1. The van der Waals surface area contributed by atoms with Gasteiger partial charge in [-0.05, 0) is 71.2 Å². The number of amides is 1. The number of thioether (sulfide) groups is 1. The molecular formula is C22H21BrN4O3S. The normalized spacial score (nSPS) is 11.0. The van der Waals surface area contributed by atoms with Gasteiger partial charge in [0.15, 0.2) is 16.7 Å². The maximum Gasteiger partial charge on any atom is 0.271 e. The summed E-state index contributed by atoms with van der Waals surface area (Å²) in [6.45, 7) is 3.90. The molecule has 2 aromatic carbocycles. The quantitative estimate of drug-likeness (QED) is 0.212. The molecule has 0 fully saturated rings. The smallest absolute Gasteiger partial charge is 0.271 e. The number of ether oxygens (including phenoxy) is 1. The highest BCUT2D eigenvalue weighted by Crippen LogP contribution is 2.34. The number of aromatic hydroxyl groups is 1. The van der Waals surface area contributed by atoms with E-state index in [-0.39, 0.29) is 11.7 Å². The van der Waals surface area contributed by atoms with Crippen LogP contribution < -0.4 is 10.2 Å². The van der Waals surface area contributed by atoms with Crippen molar-refractivity contribution in [2.75, 3.05) is 7.11 Å². The first-order chi connectivity index (χ1) is 14.9. The molecule has 1 amide bonds. The minimum absolute atomic E-state index is 0.00559. The fourth-order valence-corrected chi connectivity index (χ4v) is 4.08. The Balaban J connectivity index is 1.57. The second-order valence-corrected chi connectivity index (χ2v) is 8.47. The lowest BCUT2D eigenvalue weighted by molar-refractivity contribution is 0.0955. The van der Waals surface area contributed by atoms with Crippen molar-refractivity contribution in [1.29, 1.82) is 0 Å². The van der Waals surface area contributed by atoms with Crippen molar-refractivity contribution in [3.63, 3.8) is 0 Å². The summed E-state index contributed by atoms with van der Waals surface area (Å²) in [7, 11) is 1.46. The molecule has 0 unspecified atom stereocenters. The van der Waals surface area contributed by atoms with Crippen LogP contribution in [-0.2, 0) is 5.75 Å². The van der Waals surface area contributed by atoms with E-state index in [1.54, 1.807) is 36.0 Å². The summed E-state index contributed by atoms with van der Waals surface area (Å²) in [6, 6.07) is 12.5. The number of hydrazone groups is 1. The predicted octanol–water partition coefficient (Wildman–Crippen LogP) is 4.63. The number of hydrogen-bond acceptors (Lipinski definition) is 7. The zero-order valence-corrected chi connectivity index (χ0v) is 19.6. The second-order valence-electron chi connectivity index (χ2n) is 6.67. The molecular weight excluding hydrogens is 480 g/mol.